The van der Waals surface area contributed by atoms with E-state index in [1.165, 1.54) is 0 Å². The maximum Gasteiger partial charge on any atom is 0.248 e. The van der Waals surface area contributed by atoms with Crippen LogP contribution in [0.1, 0.15) is 45.1 Å². The van der Waals surface area contributed by atoms with Crippen molar-refractivity contribution in [1.29, 1.82) is 0 Å². The first-order valence-electron chi connectivity index (χ1n) is 10.2. The molecule has 3 aromatic carbocycles. The molecular formula is C26H23ClN2O3. The van der Waals surface area contributed by atoms with Gasteiger partial charge in [0.2, 0.25) is 11.8 Å². The fourth-order valence-corrected chi connectivity index (χ4v) is 4.23. The Morgan fingerprint density at radius 2 is 1.78 bits per heavy atom. The van der Waals surface area contributed by atoms with Crippen molar-refractivity contribution < 1.29 is 14.3 Å². The van der Waals surface area contributed by atoms with Crippen LogP contribution in [0.2, 0.25) is 5.02 Å². The number of halogens is 1. The Balaban J connectivity index is 1.82. The number of hydrogen-bond acceptors (Lipinski definition) is 3. The Morgan fingerprint density at radius 1 is 1.03 bits per heavy atom. The van der Waals surface area contributed by atoms with Crippen molar-refractivity contribution in [2.45, 2.75) is 19.9 Å². The van der Waals surface area contributed by atoms with E-state index in [-0.39, 0.29) is 5.91 Å². The Morgan fingerprint density at radius 3 is 2.50 bits per heavy atom. The van der Waals surface area contributed by atoms with Gasteiger partial charge < -0.3 is 15.4 Å². The van der Waals surface area contributed by atoms with Gasteiger partial charge in [0.25, 0.3) is 0 Å². The van der Waals surface area contributed by atoms with Gasteiger partial charge in [-0.25, -0.2) is 0 Å². The van der Waals surface area contributed by atoms with Crippen molar-refractivity contribution in [3.05, 3.63) is 93.0 Å². The summed E-state index contributed by atoms with van der Waals surface area (Å²) >= 11 is 6.19. The lowest BCUT2D eigenvalue weighted by molar-refractivity contribution is -0.116. The molecule has 0 aromatic heterocycles. The molecule has 2 amide bonds. The summed E-state index contributed by atoms with van der Waals surface area (Å²) in [5, 5.41) is 0.610. The average Bonchev–Trinajstić information content (AvgIpc) is 2.76. The van der Waals surface area contributed by atoms with E-state index in [9.17, 15) is 9.59 Å². The Labute approximate surface area is 192 Å². The molecule has 6 heteroatoms. The van der Waals surface area contributed by atoms with Crippen molar-refractivity contribution in [3.63, 3.8) is 0 Å². The number of nitrogens with two attached hydrogens (primary N) is 1. The number of ether oxygens (including phenoxy) is 1. The number of primary amides is 1. The standard InChI is InChI=1S/C26H23ClN2O3/c1-16(30)29-15-21-12-20(11-18-5-3-4-6-23(18)26(28)31)25(32-2)14-17(21)7-8-19-13-22(27)9-10-24(19)29/h3-10,12-14H,11,15H2,1-2H3,(H2,28,31). The molecule has 1 heterocycles. The van der Waals surface area contributed by atoms with Gasteiger partial charge in [-0.05, 0) is 64.2 Å². The molecule has 32 heavy (non-hydrogen) atoms. The van der Waals surface area contributed by atoms with E-state index in [1.54, 1.807) is 37.1 Å². The van der Waals surface area contributed by atoms with Crippen molar-refractivity contribution in [1.82, 2.24) is 0 Å². The van der Waals surface area contributed by atoms with Gasteiger partial charge in [-0.3, -0.25) is 9.59 Å². The maximum absolute atomic E-state index is 12.5. The Hall–Kier alpha value is -3.57. The summed E-state index contributed by atoms with van der Waals surface area (Å²) in [6.45, 7) is 1.95. The summed E-state index contributed by atoms with van der Waals surface area (Å²) in [7, 11) is 1.62. The van der Waals surface area contributed by atoms with Crippen LogP contribution in [-0.4, -0.2) is 18.9 Å². The number of benzene rings is 3. The fourth-order valence-electron chi connectivity index (χ4n) is 4.05. The molecule has 0 atom stereocenters. The normalized spacial score (nSPS) is 12.4. The zero-order valence-electron chi connectivity index (χ0n) is 17.9. The number of rotatable bonds is 4. The lowest BCUT2D eigenvalue weighted by Crippen LogP contribution is -2.29. The maximum atomic E-state index is 12.5. The highest BCUT2D eigenvalue weighted by molar-refractivity contribution is 6.30. The Bertz CT molecular complexity index is 1250. The third-order valence-corrected chi connectivity index (χ3v) is 5.87. The summed E-state index contributed by atoms with van der Waals surface area (Å²) in [6, 6.07) is 16.8. The molecule has 0 fully saturated rings. The number of nitrogens with zero attached hydrogens (tertiary/aromatic N) is 1. The van der Waals surface area contributed by atoms with E-state index < -0.39 is 5.91 Å². The van der Waals surface area contributed by atoms with E-state index >= 15 is 0 Å². The number of fused-ring (bicyclic) bond motifs is 2. The second kappa shape index (κ2) is 8.89. The topological polar surface area (TPSA) is 72.6 Å². The highest BCUT2D eigenvalue weighted by Crippen LogP contribution is 2.34. The smallest absolute Gasteiger partial charge is 0.248 e. The van der Waals surface area contributed by atoms with Gasteiger partial charge in [-0.15, -0.1) is 0 Å². The highest BCUT2D eigenvalue weighted by atomic mass is 35.5. The molecule has 2 N–H and O–H groups in total. The highest BCUT2D eigenvalue weighted by Gasteiger charge is 2.21. The van der Waals surface area contributed by atoms with Crippen molar-refractivity contribution in [3.8, 4) is 5.75 Å². The van der Waals surface area contributed by atoms with Gasteiger partial charge in [0.1, 0.15) is 5.75 Å². The van der Waals surface area contributed by atoms with Crippen molar-refractivity contribution in [2.75, 3.05) is 12.0 Å². The molecule has 0 saturated carbocycles. The Kier molecular flexibility index (Phi) is 6.01. The van der Waals surface area contributed by atoms with Gasteiger partial charge in [0.05, 0.1) is 19.3 Å². The van der Waals surface area contributed by atoms with Crippen LogP contribution in [0, 0.1) is 0 Å². The van der Waals surface area contributed by atoms with Crippen LogP contribution in [0.5, 0.6) is 5.75 Å². The first-order chi connectivity index (χ1) is 15.4. The molecule has 5 nitrogen and oxygen atoms in total. The largest absolute Gasteiger partial charge is 0.496 e. The van der Waals surface area contributed by atoms with Crippen LogP contribution in [0.15, 0.2) is 54.6 Å². The average molecular weight is 447 g/mol. The van der Waals surface area contributed by atoms with Crippen LogP contribution in [0.25, 0.3) is 12.2 Å². The molecule has 4 rings (SSSR count). The predicted octanol–water partition coefficient (Wildman–Crippen LogP) is 5.08. The second-order valence-electron chi connectivity index (χ2n) is 7.70. The molecular weight excluding hydrogens is 424 g/mol. The number of amides is 2. The molecule has 1 aliphatic heterocycles. The monoisotopic (exact) mass is 446 g/mol. The van der Waals surface area contributed by atoms with E-state index in [1.807, 2.05) is 48.6 Å². The van der Waals surface area contributed by atoms with Crippen molar-refractivity contribution >= 4 is 41.3 Å². The number of hydrogen-bond donors (Lipinski definition) is 1. The molecule has 0 bridgehead atoms. The van der Waals surface area contributed by atoms with Gasteiger partial charge >= 0.3 is 0 Å². The van der Waals surface area contributed by atoms with E-state index in [0.29, 0.717) is 29.3 Å². The number of carbonyl (C=O) groups is 2. The van der Waals surface area contributed by atoms with E-state index in [4.69, 9.17) is 22.1 Å². The second-order valence-corrected chi connectivity index (χ2v) is 8.14. The molecule has 1 aliphatic rings. The summed E-state index contributed by atoms with van der Waals surface area (Å²) in [5.74, 6) is 0.173. The molecule has 0 spiro atoms. The molecule has 3 aromatic rings. The van der Waals surface area contributed by atoms with Gasteiger partial charge in [-0.2, -0.15) is 0 Å². The summed E-state index contributed by atoms with van der Waals surface area (Å²) < 4.78 is 5.67. The van der Waals surface area contributed by atoms with Crippen LogP contribution in [0.3, 0.4) is 0 Å². The van der Waals surface area contributed by atoms with Crippen LogP contribution in [-0.2, 0) is 17.8 Å². The number of carbonyl (C=O) groups excluding carboxylic acids is 2. The van der Waals surface area contributed by atoms with Gasteiger partial charge in [0.15, 0.2) is 0 Å². The third-order valence-electron chi connectivity index (χ3n) is 5.64. The zero-order chi connectivity index (χ0) is 22.8. The minimum Gasteiger partial charge on any atom is -0.496 e. The molecule has 0 unspecified atom stereocenters. The fraction of sp³-hybridized carbons (Fsp3) is 0.154. The predicted molar refractivity (Wildman–Crippen MR) is 128 cm³/mol. The first-order valence-corrected chi connectivity index (χ1v) is 10.6. The van der Waals surface area contributed by atoms with Crippen molar-refractivity contribution in [2.24, 2.45) is 5.73 Å². The minimum absolute atomic E-state index is 0.0636. The first kappa shape index (κ1) is 21.7. The van der Waals surface area contributed by atoms with E-state index in [0.717, 1.165) is 33.5 Å². The summed E-state index contributed by atoms with van der Waals surface area (Å²) in [4.78, 5) is 26.1. The minimum atomic E-state index is -0.466. The van der Waals surface area contributed by atoms with Crippen LogP contribution in [0.4, 0.5) is 5.69 Å². The molecule has 0 saturated heterocycles. The molecule has 162 valence electrons. The molecule has 0 radical (unpaired) electrons. The van der Waals surface area contributed by atoms with Gasteiger partial charge in [0, 0.05) is 23.9 Å². The van der Waals surface area contributed by atoms with E-state index in [2.05, 4.69) is 0 Å². The number of anilines is 1. The zero-order valence-corrected chi connectivity index (χ0v) is 18.6. The number of methoxy groups -OCH3 is 1. The quantitative estimate of drug-likeness (QED) is 0.607. The van der Waals surface area contributed by atoms with Crippen LogP contribution < -0.4 is 15.4 Å². The summed E-state index contributed by atoms with van der Waals surface area (Å²) in [5.41, 5.74) is 11.4. The van der Waals surface area contributed by atoms with Gasteiger partial charge in [-0.1, -0.05) is 42.0 Å². The van der Waals surface area contributed by atoms with Crippen LogP contribution >= 0.6 is 11.6 Å². The third kappa shape index (κ3) is 4.25. The SMILES string of the molecule is COc1cc2c(cc1Cc1ccccc1C(N)=O)CN(C(C)=O)c1ccc(Cl)cc1C=C2. The molecule has 0 aliphatic carbocycles. The lowest BCUT2D eigenvalue weighted by Gasteiger charge is -2.27. The summed E-state index contributed by atoms with van der Waals surface area (Å²) in [6.07, 6.45) is 4.44. The lowest BCUT2D eigenvalue weighted by atomic mass is 9.93.